The number of anilines is 1. The summed E-state index contributed by atoms with van der Waals surface area (Å²) in [5.41, 5.74) is 4.55. The van der Waals surface area contributed by atoms with Crippen molar-refractivity contribution in [1.29, 1.82) is 0 Å². The van der Waals surface area contributed by atoms with Crippen LogP contribution < -0.4 is 4.90 Å². The first-order valence-electron chi connectivity index (χ1n) is 9.69. The van der Waals surface area contributed by atoms with Crippen LogP contribution in [-0.2, 0) is 16.0 Å². The molecule has 6 heteroatoms. The van der Waals surface area contributed by atoms with Gasteiger partial charge in [0.15, 0.2) is 6.10 Å². The Balaban J connectivity index is 1.53. The minimum Gasteiger partial charge on any atom is -0.449 e. The number of aryl methyl sites for hydroxylation is 1. The Morgan fingerprint density at radius 2 is 1.72 bits per heavy atom. The Bertz CT molecular complexity index is 1070. The van der Waals surface area contributed by atoms with E-state index in [1.54, 1.807) is 23.4 Å². The summed E-state index contributed by atoms with van der Waals surface area (Å²) in [4.78, 5) is 27.5. The van der Waals surface area contributed by atoms with Gasteiger partial charge in [0.1, 0.15) is 5.56 Å². The van der Waals surface area contributed by atoms with E-state index in [-0.39, 0.29) is 5.91 Å². The van der Waals surface area contributed by atoms with Crippen molar-refractivity contribution in [2.75, 3.05) is 11.4 Å². The second-order valence-corrected chi connectivity index (χ2v) is 7.21. The van der Waals surface area contributed by atoms with E-state index in [1.165, 1.54) is 0 Å². The van der Waals surface area contributed by atoms with Crippen LogP contribution in [0.1, 0.15) is 34.2 Å². The van der Waals surface area contributed by atoms with Gasteiger partial charge in [-0.05, 0) is 51.0 Å². The number of esters is 1. The Morgan fingerprint density at radius 1 is 1.03 bits per heavy atom. The molecule has 0 saturated heterocycles. The molecule has 0 saturated carbocycles. The van der Waals surface area contributed by atoms with Gasteiger partial charge >= 0.3 is 5.97 Å². The Morgan fingerprint density at radius 3 is 2.48 bits per heavy atom. The second-order valence-electron chi connectivity index (χ2n) is 7.21. The molecular weight excluding hydrogens is 366 g/mol. The number of rotatable bonds is 4. The van der Waals surface area contributed by atoms with Crippen molar-refractivity contribution < 1.29 is 14.3 Å². The van der Waals surface area contributed by atoms with Gasteiger partial charge in [0.25, 0.3) is 5.91 Å². The molecule has 1 aromatic heterocycles. The summed E-state index contributed by atoms with van der Waals surface area (Å²) in [5, 5.41) is 4.48. The number of fused-ring (bicyclic) bond motifs is 1. The van der Waals surface area contributed by atoms with Gasteiger partial charge in [-0.15, -0.1) is 0 Å². The lowest BCUT2D eigenvalue weighted by Gasteiger charge is -2.21. The summed E-state index contributed by atoms with van der Waals surface area (Å²) in [7, 11) is 0. The van der Waals surface area contributed by atoms with E-state index >= 15 is 0 Å². The summed E-state index contributed by atoms with van der Waals surface area (Å²) in [5.74, 6) is -0.746. The monoisotopic (exact) mass is 389 g/mol. The molecule has 148 valence electrons. The van der Waals surface area contributed by atoms with E-state index < -0.39 is 12.1 Å². The van der Waals surface area contributed by atoms with Crippen LogP contribution in [0.25, 0.3) is 5.69 Å². The van der Waals surface area contributed by atoms with Crippen molar-refractivity contribution in [3.63, 3.8) is 0 Å². The van der Waals surface area contributed by atoms with Gasteiger partial charge in [0.2, 0.25) is 0 Å². The maximum atomic E-state index is 12.9. The highest BCUT2D eigenvalue weighted by molar-refractivity contribution is 6.00. The molecule has 0 N–H and O–H groups in total. The molecule has 1 atom stereocenters. The zero-order valence-corrected chi connectivity index (χ0v) is 16.8. The first-order valence-corrected chi connectivity index (χ1v) is 9.69. The Labute approximate surface area is 169 Å². The average molecular weight is 389 g/mol. The molecule has 0 aliphatic carbocycles. The van der Waals surface area contributed by atoms with Crippen molar-refractivity contribution in [3.05, 3.63) is 77.1 Å². The number of amides is 1. The topological polar surface area (TPSA) is 64.4 Å². The van der Waals surface area contributed by atoms with Crippen molar-refractivity contribution in [2.24, 2.45) is 0 Å². The minimum absolute atomic E-state index is 0.214. The van der Waals surface area contributed by atoms with Crippen LogP contribution in [0, 0.1) is 13.8 Å². The molecule has 0 radical (unpaired) electrons. The highest BCUT2D eigenvalue weighted by Crippen LogP contribution is 2.28. The van der Waals surface area contributed by atoms with Crippen LogP contribution >= 0.6 is 0 Å². The van der Waals surface area contributed by atoms with Gasteiger partial charge in [-0.25, -0.2) is 9.48 Å². The first-order chi connectivity index (χ1) is 14.0. The molecule has 1 aliphatic rings. The van der Waals surface area contributed by atoms with Crippen LogP contribution in [0.3, 0.4) is 0 Å². The predicted octanol–water partition coefficient (Wildman–Crippen LogP) is 3.62. The smallest absolute Gasteiger partial charge is 0.342 e. The van der Waals surface area contributed by atoms with Gasteiger partial charge in [-0.3, -0.25) is 4.79 Å². The third-order valence-corrected chi connectivity index (χ3v) is 5.28. The zero-order chi connectivity index (χ0) is 20.5. The number of benzene rings is 2. The van der Waals surface area contributed by atoms with E-state index in [4.69, 9.17) is 4.74 Å². The summed E-state index contributed by atoms with van der Waals surface area (Å²) < 4.78 is 7.27. The molecule has 1 aliphatic heterocycles. The number of aromatic nitrogens is 2. The van der Waals surface area contributed by atoms with Crippen molar-refractivity contribution >= 4 is 17.6 Å². The maximum absolute atomic E-state index is 12.9. The number of carbonyl (C=O) groups excluding carboxylic acids is 2. The fraction of sp³-hybridized carbons (Fsp3) is 0.261. The lowest BCUT2D eigenvalue weighted by Crippen LogP contribution is -2.39. The molecule has 0 spiro atoms. The number of hydrogen-bond donors (Lipinski definition) is 0. The molecule has 1 unspecified atom stereocenters. The number of para-hydroxylation sites is 2. The van der Waals surface area contributed by atoms with E-state index in [0.717, 1.165) is 23.4 Å². The Hall–Kier alpha value is -3.41. The lowest BCUT2D eigenvalue weighted by atomic mass is 10.2. The normalized spacial score (nSPS) is 13.8. The summed E-state index contributed by atoms with van der Waals surface area (Å²) in [6.07, 6.45) is -0.0718. The van der Waals surface area contributed by atoms with Gasteiger partial charge < -0.3 is 9.64 Å². The van der Waals surface area contributed by atoms with Crippen LogP contribution in [0.2, 0.25) is 0 Å². The zero-order valence-electron chi connectivity index (χ0n) is 16.8. The van der Waals surface area contributed by atoms with E-state index in [0.29, 0.717) is 23.5 Å². The second kappa shape index (κ2) is 7.54. The first kappa shape index (κ1) is 18.9. The summed E-state index contributed by atoms with van der Waals surface area (Å²) in [6, 6.07) is 17.4. The van der Waals surface area contributed by atoms with Crippen LogP contribution in [0.5, 0.6) is 0 Å². The highest BCUT2D eigenvalue weighted by atomic mass is 16.5. The fourth-order valence-electron chi connectivity index (χ4n) is 3.82. The SMILES string of the molecule is Cc1nn(-c2ccccc2)c(C)c1C(=O)OC(C)C(=O)N1CCc2ccccc21. The third kappa shape index (κ3) is 3.42. The number of nitrogens with zero attached hydrogens (tertiary/aromatic N) is 3. The molecular formula is C23H23N3O3. The quantitative estimate of drug-likeness (QED) is 0.639. The number of ether oxygens (including phenoxy) is 1. The largest absolute Gasteiger partial charge is 0.449 e. The molecule has 1 amide bonds. The van der Waals surface area contributed by atoms with Gasteiger partial charge in [0.05, 0.1) is 17.1 Å². The Kier molecular flexibility index (Phi) is 4.92. The van der Waals surface area contributed by atoms with Gasteiger partial charge in [0, 0.05) is 12.2 Å². The third-order valence-electron chi connectivity index (χ3n) is 5.28. The molecule has 2 aromatic carbocycles. The molecule has 29 heavy (non-hydrogen) atoms. The highest BCUT2D eigenvalue weighted by Gasteiger charge is 2.31. The molecule has 6 nitrogen and oxygen atoms in total. The fourth-order valence-corrected chi connectivity index (χ4v) is 3.82. The van der Waals surface area contributed by atoms with E-state index in [9.17, 15) is 9.59 Å². The van der Waals surface area contributed by atoms with Crippen molar-refractivity contribution in [1.82, 2.24) is 9.78 Å². The van der Waals surface area contributed by atoms with E-state index in [2.05, 4.69) is 5.10 Å². The number of hydrogen-bond acceptors (Lipinski definition) is 4. The van der Waals surface area contributed by atoms with Gasteiger partial charge in [-0.1, -0.05) is 36.4 Å². The average Bonchev–Trinajstić information content (AvgIpc) is 3.28. The summed E-state index contributed by atoms with van der Waals surface area (Å²) in [6.45, 7) is 5.82. The minimum atomic E-state index is -0.882. The maximum Gasteiger partial charge on any atom is 0.342 e. The van der Waals surface area contributed by atoms with Crippen molar-refractivity contribution in [3.8, 4) is 5.69 Å². The predicted molar refractivity (Wildman–Crippen MR) is 110 cm³/mol. The molecule has 3 aromatic rings. The molecule has 0 fully saturated rings. The van der Waals surface area contributed by atoms with Crippen LogP contribution in [-0.4, -0.2) is 34.3 Å². The van der Waals surface area contributed by atoms with Gasteiger partial charge in [-0.2, -0.15) is 5.10 Å². The molecule has 0 bridgehead atoms. The standard InChI is InChI=1S/C23H23N3O3/c1-15-21(16(2)26(24-15)19-10-5-4-6-11-19)23(28)29-17(3)22(27)25-14-13-18-9-7-8-12-20(18)25/h4-12,17H,13-14H2,1-3H3. The summed E-state index contributed by atoms with van der Waals surface area (Å²) >= 11 is 0. The van der Waals surface area contributed by atoms with E-state index in [1.807, 2.05) is 61.5 Å². The molecule has 2 heterocycles. The lowest BCUT2D eigenvalue weighted by molar-refractivity contribution is -0.126. The number of carbonyl (C=O) groups is 2. The van der Waals surface area contributed by atoms with Crippen molar-refractivity contribution in [2.45, 2.75) is 33.3 Å². The molecule has 4 rings (SSSR count). The van der Waals surface area contributed by atoms with Crippen LogP contribution in [0.15, 0.2) is 54.6 Å². The van der Waals surface area contributed by atoms with Crippen LogP contribution in [0.4, 0.5) is 5.69 Å².